The van der Waals surface area contributed by atoms with E-state index in [1.807, 2.05) is 38.1 Å². The maximum absolute atomic E-state index is 12.6. The number of rotatable bonds is 5. The number of amides is 1. The Bertz CT molecular complexity index is 1290. The third-order valence-corrected chi connectivity index (χ3v) is 6.03. The van der Waals surface area contributed by atoms with Gasteiger partial charge in [-0.25, -0.2) is 0 Å². The highest BCUT2D eigenvalue weighted by Crippen LogP contribution is 2.31. The van der Waals surface area contributed by atoms with Crippen LogP contribution in [0.2, 0.25) is 0 Å². The average Bonchev–Trinajstić information content (AvgIpc) is 3.32. The number of carbonyl (C=O) groups excluding carboxylic acids is 1. The van der Waals surface area contributed by atoms with E-state index in [1.54, 1.807) is 22.7 Å². The Morgan fingerprint density at radius 2 is 2.06 bits per heavy atom. The third kappa shape index (κ3) is 4.58. The number of nitrogens with zero attached hydrogens (tertiary/aromatic N) is 4. The number of para-hydroxylation sites is 1. The van der Waals surface area contributed by atoms with E-state index in [1.165, 1.54) is 11.3 Å². The molecule has 4 rings (SSSR count). The summed E-state index contributed by atoms with van der Waals surface area (Å²) in [6.07, 6.45) is 0. The van der Waals surface area contributed by atoms with E-state index in [0.29, 0.717) is 33.2 Å². The summed E-state index contributed by atoms with van der Waals surface area (Å²) in [7, 11) is 0. The number of anilines is 1. The number of halogens is 1. The number of aryl methyl sites for hydroxylation is 1. The minimum atomic E-state index is -0.326. The number of ether oxygens (including phenoxy) is 1. The first-order valence-corrected chi connectivity index (χ1v) is 11.3. The highest BCUT2D eigenvalue weighted by molar-refractivity contribution is 9.10. The fourth-order valence-electron chi connectivity index (χ4n) is 2.85. The molecule has 2 N–H and O–H groups in total. The minimum Gasteiger partial charge on any atom is -0.493 e. The molecule has 0 aliphatic rings. The molecule has 0 unspecified atom stereocenters. The summed E-state index contributed by atoms with van der Waals surface area (Å²) in [5.41, 5.74) is 2.03. The van der Waals surface area contributed by atoms with E-state index in [4.69, 9.17) is 17.0 Å². The normalized spacial score (nSPS) is 10.8. The molecular formula is C20H17BrN6O2S2. The van der Waals surface area contributed by atoms with E-state index in [9.17, 15) is 4.79 Å². The Labute approximate surface area is 195 Å². The second-order valence-electron chi connectivity index (χ2n) is 6.38. The van der Waals surface area contributed by atoms with Crippen LogP contribution < -0.4 is 15.4 Å². The molecule has 4 aromatic rings. The molecule has 31 heavy (non-hydrogen) atoms. The van der Waals surface area contributed by atoms with Crippen molar-refractivity contribution >= 4 is 61.2 Å². The lowest BCUT2D eigenvalue weighted by Gasteiger charge is -2.13. The molecule has 158 valence electrons. The predicted octanol–water partition coefficient (Wildman–Crippen LogP) is 4.45. The molecule has 0 aliphatic heterocycles. The third-order valence-electron chi connectivity index (χ3n) is 4.27. The van der Waals surface area contributed by atoms with Crippen LogP contribution in [-0.2, 0) is 0 Å². The molecule has 0 radical (unpaired) electrons. The summed E-state index contributed by atoms with van der Waals surface area (Å²) < 4.78 is 7.87. The molecule has 0 fully saturated rings. The molecule has 0 aliphatic carbocycles. The van der Waals surface area contributed by atoms with Crippen LogP contribution in [0.15, 0.2) is 46.9 Å². The lowest BCUT2D eigenvalue weighted by molar-refractivity contribution is 0.0977. The van der Waals surface area contributed by atoms with Crippen LogP contribution in [0.1, 0.15) is 23.1 Å². The largest absolute Gasteiger partial charge is 0.493 e. The fraction of sp³-hybridized carbons (Fsp3) is 0.150. The van der Waals surface area contributed by atoms with Crippen molar-refractivity contribution in [2.75, 3.05) is 11.9 Å². The van der Waals surface area contributed by atoms with Crippen LogP contribution in [0.5, 0.6) is 5.75 Å². The maximum Gasteiger partial charge on any atom is 0.257 e. The average molecular weight is 517 g/mol. The standard InChI is InChI=1S/C20H17BrN6O2S2/c1-3-29-16-9-8-12(10-14(16)21)17(28)23-19(30)22-15-7-5-4-6-13(15)18-26-27-11(2)24-25-20(27)31-18/h4-10H,3H2,1-2H3,(H2,22,23,28,30). The SMILES string of the molecule is CCOc1ccc(C(=O)NC(=S)Nc2ccccc2-c2nn3c(C)nnc3s2)cc1Br. The summed E-state index contributed by atoms with van der Waals surface area (Å²) in [5.74, 6) is 1.06. The van der Waals surface area contributed by atoms with E-state index in [-0.39, 0.29) is 11.0 Å². The van der Waals surface area contributed by atoms with Crippen LogP contribution in [0.3, 0.4) is 0 Å². The van der Waals surface area contributed by atoms with Crippen LogP contribution in [0.4, 0.5) is 5.69 Å². The Kier molecular flexibility index (Phi) is 6.25. The van der Waals surface area contributed by atoms with Gasteiger partial charge in [-0.3, -0.25) is 10.1 Å². The summed E-state index contributed by atoms with van der Waals surface area (Å²) in [4.78, 5) is 13.3. The van der Waals surface area contributed by atoms with Gasteiger partial charge in [-0.15, -0.1) is 10.2 Å². The fourth-order valence-corrected chi connectivity index (χ4v) is 4.47. The Balaban J connectivity index is 1.50. The van der Waals surface area contributed by atoms with Crippen LogP contribution in [-0.4, -0.2) is 37.4 Å². The predicted molar refractivity (Wildman–Crippen MR) is 128 cm³/mol. The first-order chi connectivity index (χ1) is 15.0. The van der Waals surface area contributed by atoms with Gasteiger partial charge in [0.25, 0.3) is 5.91 Å². The van der Waals surface area contributed by atoms with Gasteiger partial charge in [0.15, 0.2) is 10.9 Å². The van der Waals surface area contributed by atoms with Gasteiger partial charge in [0.1, 0.15) is 10.8 Å². The number of fused-ring (bicyclic) bond motifs is 1. The first kappa shape index (κ1) is 21.3. The van der Waals surface area contributed by atoms with Gasteiger partial charge in [0.05, 0.1) is 16.8 Å². The molecule has 8 nitrogen and oxygen atoms in total. The molecule has 1 amide bonds. The lowest BCUT2D eigenvalue weighted by Crippen LogP contribution is -2.34. The topological polar surface area (TPSA) is 93.4 Å². The molecule has 0 saturated heterocycles. The number of aromatic nitrogens is 4. The van der Waals surface area contributed by atoms with E-state index in [0.717, 1.165) is 16.3 Å². The highest BCUT2D eigenvalue weighted by Gasteiger charge is 2.15. The Morgan fingerprint density at radius 3 is 2.81 bits per heavy atom. The first-order valence-electron chi connectivity index (χ1n) is 9.29. The van der Waals surface area contributed by atoms with Crippen molar-refractivity contribution in [3.05, 3.63) is 58.3 Å². The van der Waals surface area contributed by atoms with Crippen LogP contribution in [0, 0.1) is 6.92 Å². The van der Waals surface area contributed by atoms with Gasteiger partial charge >= 0.3 is 0 Å². The Hall–Kier alpha value is -2.89. The molecule has 2 heterocycles. The zero-order valence-corrected chi connectivity index (χ0v) is 19.8. The van der Waals surface area contributed by atoms with Gasteiger partial charge < -0.3 is 10.1 Å². The highest BCUT2D eigenvalue weighted by atomic mass is 79.9. The Morgan fingerprint density at radius 1 is 1.26 bits per heavy atom. The lowest BCUT2D eigenvalue weighted by atomic mass is 10.2. The molecule has 0 atom stereocenters. The molecule has 0 saturated carbocycles. The summed E-state index contributed by atoms with van der Waals surface area (Å²) >= 11 is 10.2. The van der Waals surface area contributed by atoms with Crippen LogP contribution >= 0.6 is 39.5 Å². The van der Waals surface area contributed by atoms with E-state index in [2.05, 4.69) is 41.9 Å². The van der Waals surface area contributed by atoms with Gasteiger partial charge in [-0.05, 0) is 72.3 Å². The maximum atomic E-state index is 12.6. The van der Waals surface area contributed by atoms with E-state index < -0.39 is 0 Å². The van der Waals surface area contributed by atoms with Crippen molar-refractivity contribution in [2.24, 2.45) is 0 Å². The molecule has 0 spiro atoms. The molecular weight excluding hydrogens is 500 g/mol. The second kappa shape index (κ2) is 9.08. The van der Waals surface area contributed by atoms with Crippen molar-refractivity contribution in [3.63, 3.8) is 0 Å². The number of hydrogen-bond donors (Lipinski definition) is 2. The number of nitrogens with one attached hydrogen (secondary N) is 2. The smallest absolute Gasteiger partial charge is 0.257 e. The monoisotopic (exact) mass is 516 g/mol. The number of thiocarbonyl (C=S) groups is 1. The van der Waals surface area contributed by atoms with Crippen molar-refractivity contribution in [3.8, 4) is 16.3 Å². The van der Waals surface area contributed by atoms with Crippen molar-refractivity contribution in [1.29, 1.82) is 0 Å². The molecule has 2 aromatic carbocycles. The summed E-state index contributed by atoms with van der Waals surface area (Å²) in [6.45, 7) is 4.28. The number of carbonyl (C=O) groups is 1. The van der Waals surface area contributed by atoms with Crippen LogP contribution in [0.25, 0.3) is 15.5 Å². The van der Waals surface area contributed by atoms with Crippen molar-refractivity contribution in [2.45, 2.75) is 13.8 Å². The molecule has 11 heteroatoms. The van der Waals surface area contributed by atoms with E-state index >= 15 is 0 Å². The molecule has 0 bridgehead atoms. The zero-order chi connectivity index (χ0) is 22.0. The van der Waals surface area contributed by atoms with Gasteiger partial charge in [0.2, 0.25) is 4.96 Å². The van der Waals surface area contributed by atoms with Gasteiger partial charge in [0, 0.05) is 11.1 Å². The number of benzene rings is 2. The van der Waals surface area contributed by atoms with Gasteiger partial charge in [-0.1, -0.05) is 23.5 Å². The summed E-state index contributed by atoms with van der Waals surface area (Å²) in [5, 5.41) is 19.4. The van der Waals surface area contributed by atoms with Crippen molar-refractivity contribution in [1.82, 2.24) is 25.1 Å². The van der Waals surface area contributed by atoms with Gasteiger partial charge in [-0.2, -0.15) is 9.61 Å². The number of hydrogen-bond acceptors (Lipinski definition) is 7. The zero-order valence-electron chi connectivity index (χ0n) is 16.5. The molecule has 2 aromatic heterocycles. The quantitative estimate of drug-likeness (QED) is 0.378. The summed E-state index contributed by atoms with van der Waals surface area (Å²) in [6, 6.07) is 12.7. The minimum absolute atomic E-state index is 0.182. The van der Waals surface area contributed by atoms with Crippen molar-refractivity contribution < 1.29 is 9.53 Å². The second-order valence-corrected chi connectivity index (χ2v) is 8.60.